The first kappa shape index (κ1) is 19.3. The van der Waals surface area contributed by atoms with E-state index in [-0.39, 0.29) is 10.9 Å². The second-order valence-corrected chi connectivity index (χ2v) is 7.48. The number of halogens is 2. The van der Waals surface area contributed by atoms with Crippen LogP contribution in [0.2, 0.25) is 5.02 Å². The monoisotopic (exact) mass is 375 g/mol. The summed E-state index contributed by atoms with van der Waals surface area (Å²) in [7, 11) is 0. The third-order valence-electron chi connectivity index (χ3n) is 3.34. The number of anilines is 1. The van der Waals surface area contributed by atoms with Crippen molar-refractivity contribution in [3.8, 4) is 11.1 Å². The predicted octanol–water partition coefficient (Wildman–Crippen LogP) is 6.65. The first-order chi connectivity index (χ1) is 11.8. The van der Waals surface area contributed by atoms with Crippen molar-refractivity contribution in [3.05, 3.63) is 75.3 Å². The van der Waals surface area contributed by atoms with E-state index in [0.29, 0.717) is 10.6 Å². The number of nitrogens with one attached hydrogen (secondary N) is 1. The van der Waals surface area contributed by atoms with Crippen LogP contribution in [0.1, 0.15) is 20.8 Å². The number of para-hydroxylation sites is 1. The maximum Gasteiger partial charge on any atom is 0.262 e. The number of rotatable bonds is 5. The Morgan fingerprint density at radius 3 is 2.44 bits per heavy atom. The van der Waals surface area contributed by atoms with Crippen LogP contribution in [0.25, 0.3) is 11.1 Å². The van der Waals surface area contributed by atoms with Crippen molar-refractivity contribution in [2.75, 3.05) is 5.32 Å². The summed E-state index contributed by atoms with van der Waals surface area (Å²) in [6.45, 7) is 9.48. The van der Waals surface area contributed by atoms with Gasteiger partial charge in [0.25, 0.3) is 5.91 Å². The van der Waals surface area contributed by atoms with Gasteiger partial charge in [-0.05, 0) is 49.4 Å². The van der Waals surface area contributed by atoms with Crippen molar-refractivity contribution in [1.29, 1.82) is 0 Å². The Morgan fingerprint density at radius 2 is 1.84 bits per heavy atom. The smallest absolute Gasteiger partial charge is 0.262 e. The Labute approximate surface area is 156 Å². The molecule has 0 radical (unpaired) electrons. The number of carbonyl (C=O) groups is 1. The highest BCUT2D eigenvalue weighted by molar-refractivity contribution is 8.07. The molecule has 0 aliphatic rings. The van der Waals surface area contributed by atoms with E-state index >= 15 is 0 Å². The lowest BCUT2D eigenvalue weighted by Gasteiger charge is -2.14. The van der Waals surface area contributed by atoms with Crippen LogP contribution in [0.4, 0.5) is 10.1 Å². The van der Waals surface area contributed by atoms with E-state index in [2.05, 4.69) is 11.9 Å². The molecule has 0 aliphatic heterocycles. The zero-order valence-electron chi connectivity index (χ0n) is 14.3. The van der Waals surface area contributed by atoms with Crippen LogP contribution in [0.15, 0.2) is 64.4 Å². The highest BCUT2D eigenvalue weighted by atomic mass is 35.5. The van der Waals surface area contributed by atoms with Gasteiger partial charge in [0.2, 0.25) is 0 Å². The molecule has 0 bridgehead atoms. The number of hydrogen-bond donors (Lipinski definition) is 1. The van der Waals surface area contributed by atoms with Crippen molar-refractivity contribution < 1.29 is 9.18 Å². The highest BCUT2D eigenvalue weighted by Gasteiger charge is 2.15. The molecule has 25 heavy (non-hydrogen) atoms. The van der Waals surface area contributed by atoms with Crippen LogP contribution in [0, 0.1) is 5.82 Å². The second-order valence-electron chi connectivity index (χ2n) is 5.76. The summed E-state index contributed by atoms with van der Waals surface area (Å²) >= 11 is 7.23. The largest absolute Gasteiger partial charge is 0.321 e. The van der Waals surface area contributed by atoms with Gasteiger partial charge in [-0.25, -0.2) is 4.39 Å². The van der Waals surface area contributed by atoms with Crippen molar-refractivity contribution >= 4 is 35.0 Å². The molecule has 2 nitrogen and oxygen atoms in total. The summed E-state index contributed by atoms with van der Waals surface area (Å²) in [5, 5.41) is 2.98. The van der Waals surface area contributed by atoms with Crippen molar-refractivity contribution in [1.82, 2.24) is 0 Å². The van der Waals surface area contributed by atoms with Gasteiger partial charge in [0.15, 0.2) is 0 Å². The third kappa shape index (κ3) is 4.97. The number of amides is 1. The van der Waals surface area contributed by atoms with Gasteiger partial charge >= 0.3 is 0 Å². The fourth-order valence-electron chi connectivity index (χ4n) is 2.24. The maximum atomic E-state index is 13.4. The zero-order valence-corrected chi connectivity index (χ0v) is 15.9. The third-order valence-corrected chi connectivity index (χ3v) is 4.78. The van der Waals surface area contributed by atoms with Crippen molar-refractivity contribution in [3.63, 3.8) is 0 Å². The number of allylic oxidation sites excluding steroid dienone is 2. The van der Waals surface area contributed by atoms with Gasteiger partial charge in [-0.1, -0.05) is 59.8 Å². The van der Waals surface area contributed by atoms with E-state index in [9.17, 15) is 9.18 Å². The van der Waals surface area contributed by atoms with Gasteiger partial charge < -0.3 is 5.32 Å². The van der Waals surface area contributed by atoms with Crippen LogP contribution in [0.3, 0.4) is 0 Å². The first-order valence-corrected chi connectivity index (χ1v) is 8.85. The maximum absolute atomic E-state index is 13.4. The summed E-state index contributed by atoms with van der Waals surface area (Å²) in [6.07, 6.45) is 0. The molecular formula is C20H19ClFNOS. The van der Waals surface area contributed by atoms with Gasteiger partial charge in [0.1, 0.15) is 5.82 Å². The summed E-state index contributed by atoms with van der Waals surface area (Å²) in [5.74, 6) is -0.676. The number of hydrogen-bond acceptors (Lipinski definition) is 2. The van der Waals surface area contributed by atoms with E-state index in [0.717, 1.165) is 21.6 Å². The Balaban J connectivity index is 2.38. The molecule has 0 aromatic heterocycles. The Bertz CT molecular complexity index is 857. The minimum atomic E-state index is -0.475. The van der Waals surface area contributed by atoms with E-state index in [1.807, 2.05) is 39.0 Å². The number of benzene rings is 2. The van der Waals surface area contributed by atoms with Crippen LogP contribution in [0.5, 0.6) is 0 Å². The normalized spacial score (nSPS) is 10.3. The molecule has 0 saturated carbocycles. The average Bonchev–Trinajstić information content (AvgIpc) is 2.55. The van der Waals surface area contributed by atoms with Gasteiger partial charge in [-0.15, -0.1) is 0 Å². The molecule has 2 aromatic carbocycles. The number of thioether (sulfide) groups is 1. The van der Waals surface area contributed by atoms with Gasteiger partial charge in [0, 0.05) is 11.3 Å². The molecule has 2 rings (SSSR count). The molecule has 1 N–H and O–H groups in total. The van der Waals surface area contributed by atoms with E-state index < -0.39 is 5.82 Å². The fraction of sp³-hybridized carbons (Fsp3) is 0.150. The highest BCUT2D eigenvalue weighted by Crippen LogP contribution is 2.33. The molecule has 0 spiro atoms. The summed E-state index contributed by atoms with van der Waals surface area (Å²) in [5.41, 5.74) is 3.05. The summed E-state index contributed by atoms with van der Waals surface area (Å²) in [6, 6.07) is 11.8. The van der Waals surface area contributed by atoms with Crippen molar-refractivity contribution in [2.45, 2.75) is 20.8 Å². The minimum Gasteiger partial charge on any atom is -0.321 e. The topological polar surface area (TPSA) is 29.1 Å². The standard InChI is InChI=1S/C20H19ClFNOS/c1-12(2)19(25-13(3)4)20(24)23-18-8-6-5-7-15(18)14-9-10-17(22)16(21)11-14/h5-11H,3H2,1-2,4H3,(H,23,24). The van der Waals surface area contributed by atoms with E-state index in [1.54, 1.807) is 18.2 Å². The molecular weight excluding hydrogens is 357 g/mol. The van der Waals surface area contributed by atoms with Crippen LogP contribution in [-0.2, 0) is 4.79 Å². The lowest BCUT2D eigenvalue weighted by Crippen LogP contribution is -2.14. The van der Waals surface area contributed by atoms with Gasteiger partial charge in [-0.2, -0.15) is 0 Å². The second kappa shape index (κ2) is 8.37. The lowest BCUT2D eigenvalue weighted by atomic mass is 10.0. The summed E-state index contributed by atoms with van der Waals surface area (Å²) in [4.78, 5) is 14.1. The van der Waals surface area contributed by atoms with Gasteiger partial charge in [-0.3, -0.25) is 4.79 Å². The lowest BCUT2D eigenvalue weighted by molar-refractivity contribution is -0.112. The van der Waals surface area contributed by atoms with E-state index in [1.165, 1.54) is 17.8 Å². The van der Waals surface area contributed by atoms with Gasteiger partial charge in [0.05, 0.1) is 9.93 Å². The fourth-order valence-corrected chi connectivity index (χ4v) is 3.11. The summed E-state index contributed by atoms with van der Waals surface area (Å²) < 4.78 is 13.4. The Hall–Kier alpha value is -2.04. The SMILES string of the molecule is C=C(C)SC(C(=O)Nc1ccccc1-c1ccc(F)c(Cl)c1)=C(C)C. The minimum absolute atomic E-state index is 0.0430. The predicted molar refractivity (Wildman–Crippen MR) is 106 cm³/mol. The zero-order chi connectivity index (χ0) is 18.6. The van der Waals surface area contributed by atoms with E-state index in [4.69, 9.17) is 11.6 Å². The molecule has 0 fully saturated rings. The molecule has 0 atom stereocenters. The molecule has 5 heteroatoms. The average molecular weight is 376 g/mol. The molecule has 130 valence electrons. The van der Waals surface area contributed by atoms with Crippen molar-refractivity contribution in [2.24, 2.45) is 0 Å². The molecule has 0 saturated heterocycles. The Morgan fingerprint density at radius 1 is 1.16 bits per heavy atom. The molecule has 2 aromatic rings. The van der Waals surface area contributed by atoms with Crippen LogP contribution in [-0.4, -0.2) is 5.91 Å². The molecule has 1 amide bonds. The molecule has 0 aliphatic carbocycles. The molecule has 0 heterocycles. The molecule has 0 unspecified atom stereocenters. The first-order valence-electron chi connectivity index (χ1n) is 7.66. The van der Waals surface area contributed by atoms with Crippen LogP contribution >= 0.6 is 23.4 Å². The Kier molecular flexibility index (Phi) is 6.45. The number of carbonyl (C=O) groups excluding carboxylic acids is 1. The quantitative estimate of drug-likeness (QED) is 0.593. The van der Waals surface area contributed by atoms with Crippen LogP contribution < -0.4 is 5.32 Å².